The van der Waals surface area contributed by atoms with Crippen molar-refractivity contribution in [2.75, 3.05) is 6.54 Å². The van der Waals surface area contributed by atoms with Crippen LogP contribution < -0.4 is 0 Å². The Kier molecular flexibility index (Phi) is 3.45. The number of amides is 1. The first kappa shape index (κ1) is 14.4. The lowest BCUT2D eigenvalue weighted by Crippen LogP contribution is -2.45. The number of carbonyl (C=O) groups excluding carboxylic acids is 1. The zero-order chi connectivity index (χ0) is 15.1. The van der Waals surface area contributed by atoms with Gasteiger partial charge in [-0.1, -0.05) is 0 Å². The molecule has 0 saturated carbocycles. The van der Waals surface area contributed by atoms with Gasteiger partial charge in [0.2, 0.25) is 0 Å². The minimum absolute atomic E-state index is 0.304. The van der Waals surface area contributed by atoms with Crippen molar-refractivity contribution in [3.05, 3.63) is 17.5 Å². The van der Waals surface area contributed by atoms with Gasteiger partial charge in [0.1, 0.15) is 5.60 Å². The second-order valence-corrected chi connectivity index (χ2v) is 5.83. The Labute approximate surface area is 117 Å². The molecule has 1 aromatic heterocycles. The Morgan fingerprint density at radius 2 is 2.10 bits per heavy atom. The molecule has 0 saturated heterocycles. The maximum atomic E-state index is 12.2. The summed E-state index contributed by atoms with van der Waals surface area (Å²) < 4.78 is 6.93. The van der Waals surface area contributed by atoms with E-state index in [-0.39, 0.29) is 0 Å². The van der Waals surface area contributed by atoms with Gasteiger partial charge >= 0.3 is 12.1 Å². The lowest BCUT2D eigenvalue weighted by molar-refractivity contribution is -0.143. The van der Waals surface area contributed by atoms with Crippen molar-refractivity contribution >= 4 is 12.1 Å². The quantitative estimate of drug-likeness (QED) is 0.839. The SMILES string of the molecule is Cn1ncc2c1CCN(C(=O)OC(C)(C)C)C2C(=O)O. The third kappa shape index (κ3) is 2.61. The van der Waals surface area contributed by atoms with Gasteiger partial charge in [0.05, 0.1) is 6.20 Å². The number of fused-ring (bicyclic) bond motifs is 1. The van der Waals surface area contributed by atoms with E-state index in [0.717, 1.165) is 5.69 Å². The van der Waals surface area contributed by atoms with Crippen LogP contribution in [-0.4, -0.2) is 44.0 Å². The number of aliphatic carboxylic acids is 1. The summed E-state index contributed by atoms with van der Waals surface area (Å²) in [7, 11) is 1.76. The zero-order valence-electron chi connectivity index (χ0n) is 12.1. The Hall–Kier alpha value is -2.05. The summed E-state index contributed by atoms with van der Waals surface area (Å²) in [5.41, 5.74) is 0.740. The molecule has 7 nitrogen and oxygen atoms in total. The van der Waals surface area contributed by atoms with Crippen molar-refractivity contribution in [2.24, 2.45) is 7.05 Å². The monoisotopic (exact) mass is 281 g/mol. The highest BCUT2D eigenvalue weighted by Crippen LogP contribution is 2.30. The minimum atomic E-state index is -1.08. The van der Waals surface area contributed by atoms with Gasteiger partial charge < -0.3 is 9.84 Å². The van der Waals surface area contributed by atoms with E-state index in [4.69, 9.17) is 4.74 Å². The fourth-order valence-corrected chi connectivity index (χ4v) is 2.32. The molecule has 2 heterocycles. The summed E-state index contributed by atoms with van der Waals surface area (Å²) in [5, 5.41) is 13.5. The Bertz CT molecular complexity index is 544. The van der Waals surface area contributed by atoms with Crippen molar-refractivity contribution in [2.45, 2.75) is 38.8 Å². The number of ether oxygens (including phenoxy) is 1. The number of rotatable bonds is 1. The van der Waals surface area contributed by atoms with Crippen LogP contribution in [0.4, 0.5) is 4.79 Å². The van der Waals surface area contributed by atoms with E-state index in [1.54, 1.807) is 32.5 Å². The summed E-state index contributed by atoms with van der Waals surface area (Å²) >= 11 is 0. The highest BCUT2D eigenvalue weighted by molar-refractivity contribution is 5.82. The van der Waals surface area contributed by atoms with Gasteiger partial charge in [-0.05, 0) is 20.8 Å². The van der Waals surface area contributed by atoms with Crippen molar-refractivity contribution in [3.63, 3.8) is 0 Å². The summed E-state index contributed by atoms with van der Waals surface area (Å²) in [4.78, 5) is 24.9. The fourth-order valence-electron chi connectivity index (χ4n) is 2.32. The molecular weight excluding hydrogens is 262 g/mol. The van der Waals surface area contributed by atoms with E-state index in [9.17, 15) is 14.7 Å². The molecule has 110 valence electrons. The number of nitrogens with zero attached hydrogens (tertiary/aromatic N) is 3. The van der Waals surface area contributed by atoms with Crippen LogP contribution in [0.5, 0.6) is 0 Å². The predicted molar refractivity (Wildman–Crippen MR) is 70.2 cm³/mol. The first-order valence-corrected chi connectivity index (χ1v) is 6.44. The maximum absolute atomic E-state index is 12.2. The van der Waals surface area contributed by atoms with Gasteiger partial charge in [0.15, 0.2) is 6.04 Å². The van der Waals surface area contributed by atoms with Crippen LogP contribution in [0.3, 0.4) is 0 Å². The van der Waals surface area contributed by atoms with Gasteiger partial charge in [0, 0.05) is 31.3 Å². The number of carbonyl (C=O) groups is 2. The van der Waals surface area contributed by atoms with Crippen molar-refractivity contribution < 1.29 is 19.4 Å². The smallest absolute Gasteiger partial charge is 0.411 e. The Morgan fingerprint density at radius 3 is 2.65 bits per heavy atom. The zero-order valence-corrected chi connectivity index (χ0v) is 12.1. The van der Waals surface area contributed by atoms with Gasteiger partial charge in [-0.3, -0.25) is 9.58 Å². The van der Waals surface area contributed by atoms with E-state index in [1.807, 2.05) is 0 Å². The van der Waals surface area contributed by atoms with Crippen molar-refractivity contribution in [1.82, 2.24) is 14.7 Å². The molecule has 1 amide bonds. The number of carboxylic acid groups (broad SMARTS) is 1. The molecule has 0 fully saturated rings. The summed E-state index contributed by atoms with van der Waals surface area (Å²) in [6.07, 6.45) is 1.46. The molecule has 0 aromatic carbocycles. The van der Waals surface area contributed by atoms with Crippen LogP contribution in [-0.2, 0) is 23.0 Å². The molecule has 1 unspecified atom stereocenters. The third-order valence-corrected chi connectivity index (χ3v) is 3.15. The van der Waals surface area contributed by atoms with E-state index in [2.05, 4.69) is 5.10 Å². The minimum Gasteiger partial charge on any atom is -0.479 e. The highest BCUT2D eigenvalue weighted by atomic mass is 16.6. The first-order valence-electron chi connectivity index (χ1n) is 6.44. The molecule has 1 N–H and O–H groups in total. The molecule has 2 rings (SSSR count). The molecule has 0 bridgehead atoms. The number of hydrogen-bond acceptors (Lipinski definition) is 4. The van der Waals surface area contributed by atoms with Gasteiger partial charge in [-0.15, -0.1) is 0 Å². The van der Waals surface area contributed by atoms with Crippen LogP contribution in [0.25, 0.3) is 0 Å². The number of carboxylic acids is 1. The molecule has 1 aliphatic heterocycles. The largest absolute Gasteiger partial charge is 0.479 e. The molecule has 1 aromatic rings. The summed E-state index contributed by atoms with van der Waals surface area (Å²) in [6, 6.07) is -1.04. The fraction of sp³-hybridized carbons (Fsp3) is 0.615. The first-order chi connectivity index (χ1) is 9.20. The van der Waals surface area contributed by atoms with Crippen LogP contribution in [0.2, 0.25) is 0 Å². The summed E-state index contributed by atoms with van der Waals surface area (Å²) in [6.45, 7) is 5.55. The molecule has 20 heavy (non-hydrogen) atoms. The van der Waals surface area contributed by atoms with Gasteiger partial charge in [-0.25, -0.2) is 9.59 Å². The van der Waals surface area contributed by atoms with Gasteiger partial charge in [-0.2, -0.15) is 5.10 Å². The van der Waals surface area contributed by atoms with E-state index in [0.29, 0.717) is 18.5 Å². The molecule has 1 aliphatic rings. The van der Waals surface area contributed by atoms with Crippen LogP contribution in [0.15, 0.2) is 6.20 Å². The molecule has 0 spiro atoms. The topological polar surface area (TPSA) is 84.7 Å². The van der Waals surface area contributed by atoms with E-state index >= 15 is 0 Å². The molecule has 7 heteroatoms. The predicted octanol–water partition coefficient (Wildman–Crippen LogP) is 1.34. The van der Waals surface area contributed by atoms with Gasteiger partial charge in [0.25, 0.3) is 0 Å². The average Bonchev–Trinajstić information content (AvgIpc) is 2.67. The van der Waals surface area contributed by atoms with E-state index in [1.165, 1.54) is 11.1 Å². The normalized spacial score (nSPS) is 18.6. The standard InChI is InChI=1S/C13H19N3O4/c1-13(2,3)20-12(19)16-6-5-9-8(7-14-15(9)4)10(16)11(17)18/h7,10H,5-6H2,1-4H3,(H,17,18). The Balaban J connectivity index is 2.32. The van der Waals surface area contributed by atoms with Crippen LogP contribution in [0, 0.1) is 0 Å². The second kappa shape index (κ2) is 4.81. The van der Waals surface area contributed by atoms with Crippen LogP contribution in [0.1, 0.15) is 38.1 Å². The summed E-state index contributed by atoms with van der Waals surface area (Å²) in [5.74, 6) is -1.08. The van der Waals surface area contributed by atoms with Crippen molar-refractivity contribution in [3.8, 4) is 0 Å². The number of hydrogen-bond donors (Lipinski definition) is 1. The highest BCUT2D eigenvalue weighted by Gasteiger charge is 2.39. The van der Waals surface area contributed by atoms with E-state index < -0.39 is 23.7 Å². The molecule has 1 atom stereocenters. The lowest BCUT2D eigenvalue weighted by Gasteiger charge is -2.34. The van der Waals surface area contributed by atoms with Crippen LogP contribution >= 0.6 is 0 Å². The molecular formula is C13H19N3O4. The maximum Gasteiger partial charge on any atom is 0.411 e. The lowest BCUT2D eigenvalue weighted by atomic mass is 9.99. The van der Waals surface area contributed by atoms with Crippen molar-refractivity contribution in [1.29, 1.82) is 0 Å². The molecule has 0 radical (unpaired) electrons. The molecule has 0 aliphatic carbocycles. The second-order valence-electron chi connectivity index (χ2n) is 5.83. The number of aryl methyl sites for hydroxylation is 1. The number of aromatic nitrogens is 2. The Morgan fingerprint density at radius 1 is 1.45 bits per heavy atom. The third-order valence-electron chi connectivity index (χ3n) is 3.15. The average molecular weight is 281 g/mol.